The van der Waals surface area contributed by atoms with E-state index >= 15 is 0 Å². The lowest BCUT2D eigenvalue weighted by molar-refractivity contribution is -0.148. The number of aryl methyl sites for hydroxylation is 1. The van der Waals surface area contributed by atoms with Crippen LogP contribution in [0, 0.1) is 17.8 Å². The molecule has 0 spiro atoms. The topological polar surface area (TPSA) is 40.6 Å². The number of likely N-dealkylation sites (tertiary alicyclic amines) is 2. The molecule has 2 amide bonds. The van der Waals surface area contributed by atoms with E-state index in [1.807, 2.05) is 6.07 Å². The molecule has 3 fully saturated rings. The number of carbonyl (C=O) groups excluding carboxylic acids is 2. The van der Waals surface area contributed by atoms with Crippen molar-refractivity contribution in [3.8, 4) is 0 Å². The molecule has 0 bridgehead atoms. The van der Waals surface area contributed by atoms with Crippen LogP contribution in [0.1, 0.15) is 57.4 Å². The molecule has 2 heterocycles. The normalized spacial score (nSPS) is 28.4. The number of rotatable bonds is 5. The first-order valence-electron chi connectivity index (χ1n) is 10.8. The molecule has 3 aliphatic rings. The Kier molecular flexibility index (Phi) is 5.63. The van der Waals surface area contributed by atoms with E-state index in [0.717, 1.165) is 70.4 Å². The van der Waals surface area contributed by atoms with Gasteiger partial charge >= 0.3 is 0 Å². The summed E-state index contributed by atoms with van der Waals surface area (Å²) < 4.78 is 0. The predicted octanol–water partition coefficient (Wildman–Crippen LogP) is 3.85. The number of amides is 2. The van der Waals surface area contributed by atoms with Gasteiger partial charge in [0.25, 0.3) is 0 Å². The van der Waals surface area contributed by atoms with Crippen LogP contribution in [-0.2, 0) is 16.0 Å². The Morgan fingerprint density at radius 2 is 1.52 bits per heavy atom. The van der Waals surface area contributed by atoms with Crippen LogP contribution >= 0.6 is 0 Å². The van der Waals surface area contributed by atoms with Crippen molar-refractivity contribution in [1.82, 2.24) is 9.80 Å². The van der Waals surface area contributed by atoms with Gasteiger partial charge in [0.1, 0.15) is 0 Å². The predicted molar refractivity (Wildman–Crippen MR) is 106 cm³/mol. The van der Waals surface area contributed by atoms with Crippen LogP contribution in [-0.4, -0.2) is 40.9 Å². The number of carbonyl (C=O) groups is 2. The summed E-state index contributed by atoms with van der Waals surface area (Å²) in [5.74, 6) is 0.870. The van der Waals surface area contributed by atoms with E-state index in [-0.39, 0.29) is 29.8 Å². The monoisotopic (exact) mass is 368 g/mol. The van der Waals surface area contributed by atoms with E-state index in [9.17, 15) is 9.59 Å². The Balaban J connectivity index is 1.55. The molecule has 0 radical (unpaired) electrons. The molecule has 3 unspecified atom stereocenters. The molecular weight excluding hydrogens is 336 g/mol. The second-order valence-corrected chi connectivity index (χ2v) is 8.77. The third-order valence-electron chi connectivity index (χ3n) is 6.95. The second kappa shape index (κ2) is 8.14. The maximum atomic E-state index is 13.2. The lowest BCUT2D eigenvalue weighted by Crippen LogP contribution is -2.53. The van der Waals surface area contributed by atoms with Gasteiger partial charge in [-0.2, -0.15) is 0 Å². The highest BCUT2D eigenvalue weighted by Crippen LogP contribution is 2.40. The molecule has 146 valence electrons. The van der Waals surface area contributed by atoms with Crippen LogP contribution in [0.3, 0.4) is 0 Å². The standard InChI is InChI=1S/C23H32N2O2/c1-17-13-15-24(16-14-17)21(12-11-18-7-3-2-4-8-18)25-22(26)19-9-5-6-10-20(19)23(25)27/h2-4,7-8,17,19-21H,5-6,9-16H2,1H3. The lowest BCUT2D eigenvalue weighted by Gasteiger charge is -2.40. The van der Waals surface area contributed by atoms with E-state index in [2.05, 4.69) is 36.1 Å². The van der Waals surface area contributed by atoms with Crippen molar-refractivity contribution in [3.05, 3.63) is 35.9 Å². The first-order chi connectivity index (χ1) is 13.1. The number of hydrogen-bond donors (Lipinski definition) is 0. The maximum Gasteiger partial charge on any atom is 0.234 e. The molecule has 2 aliphatic heterocycles. The number of fused-ring (bicyclic) bond motifs is 1. The van der Waals surface area contributed by atoms with Crippen LogP contribution in [0.5, 0.6) is 0 Å². The van der Waals surface area contributed by atoms with E-state index in [4.69, 9.17) is 0 Å². The summed E-state index contributed by atoms with van der Waals surface area (Å²) in [7, 11) is 0. The van der Waals surface area contributed by atoms with Crippen molar-refractivity contribution < 1.29 is 9.59 Å². The van der Waals surface area contributed by atoms with E-state index in [0.29, 0.717) is 0 Å². The zero-order valence-corrected chi connectivity index (χ0v) is 16.5. The van der Waals surface area contributed by atoms with Crippen LogP contribution in [0.4, 0.5) is 0 Å². The average molecular weight is 369 g/mol. The summed E-state index contributed by atoms with van der Waals surface area (Å²) in [6.07, 6.45) is 7.97. The number of hydrogen-bond acceptors (Lipinski definition) is 3. The van der Waals surface area contributed by atoms with Crippen molar-refractivity contribution in [1.29, 1.82) is 0 Å². The van der Waals surface area contributed by atoms with Crippen LogP contribution in [0.15, 0.2) is 30.3 Å². The van der Waals surface area contributed by atoms with Crippen molar-refractivity contribution in [2.75, 3.05) is 13.1 Å². The minimum absolute atomic E-state index is 0.0470. The molecule has 1 aromatic carbocycles. The molecule has 0 N–H and O–H groups in total. The summed E-state index contributed by atoms with van der Waals surface area (Å²) in [5.41, 5.74) is 1.28. The van der Waals surface area contributed by atoms with Gasteiger partial charge in [0.05, 0.1) is 18.0 Å². The second-order valence-electron chi connectivity index (χ2n) is 8.77. The number of nitrogens with zero attached hydrogens (tertiary/aromatic N) is 2. The lowest BCUT2D eigenvalue weighted by atomic mass is 9.81. The molecule has 3 atom stereocenters. The molecule has 1 aliphatic carbocycles. The summed E-state index contributed by atoms with van der Waals surface area (Å²) >= 11 is 0. The Morgan fingerprint density at radius 1 is 0.926 bits per heavy atom. The van der Waals surface area contributed by atoms with Gasteiger partial charge in [-0.3, -0.25) is 19.4 Å². The molecule has 1 aromatic rings. The fourth-order valence-electron chi connectivity index (χ4n) is 5.22. The fourth-order valence-corrected chi connectivity index (χ4v) is 5.22. The number of imide groups is 1. The minimum Gasteiger partial charge on any atom is -0.283 e. The van der Waals surface area contributed by atoms with Crippen molar-refractivity contribution in [2.45, 2.75) is 64.5 Å². The van der Waals surface area contributed by atoms with Gasteiger partial charge < -0.3 is 0 Å². The summed E-state index contributed by atoms with van der Waals surface area (Å²) in [6.45, 7) is 4.29. The van der Waals surface area contributed by atoms with Gasteiger partial charge in [0, 0.05) is 13.1 Å². The Morgan fingerprint density at radius 3 is 2.11 bits per heavy atom. The first-order valence-corrected chi connectivity index (χ1v) is 10.8. The summed E-state index contributed by atoms with van der Waals surface area (Å²) in [5, 5.41) is 0. The molecular formula is C23H32N2O2. The van der Waals surface area contributed by atoms with Crippen molar-refractivity contribution >= 4 is 11.8 Å². The van der Waals surface area contributed by atoms with Crippen molar-refractivity contribution in [2.24, 2.45) is 17.8 Å². The summed E-state index contributed by atoms with van der Waals surface area (Å²) in [4.78, 5) is 30.5. The van der Waals surface area contributed by atoms with Crippen LogP contribution in [0.2, 0.25) is 0 Å². The van der Waals surface area contributed by atoms with E-state index < -0.39 is 0 Å². The third kappa shape index (κ3) is 3.82. The smallest absolute Gasteiger partial charge is 0.234 e. The van der Waals surface area contributed by atoms with Gasteiger partial charge in [-0.05, 0) is 50.0 Å². The average Bonchev–Trinajstić information content (AvgIpc) is 2.96. The maximum absolute atomic E-state index is 13.2. The quantitative estimate of drug-likeness (QED) is 0.741. The molecule has 4 heteroatoms. The summed E-state index contributed by atoms with van der Waals surface area (Å²) in [6, 6.07) is 10.4. The van der Waals surface area contributed by atoms with E-state index in [1.165, 1.54) is 5.56 Å². The molecule has 1 saturated carbocycles. The van der Waals surface area contributed by atoms with Crippen molar-refractivity contribution in [3.63, 3.8) is 0 Å². The molecule has 4 rings (SSSR count). The molecule has 27 heavy (non-hydrogen) atoms. The molecule has 0 aromatic heterocycles. The molecule has 4 nitrogen and oxygen atoms in total. The number of piperidine rings is 1. The highest BCUT2D eigenvalue weighted by atomic mass is 16.2. The SMILES string of the molecule is CC1CCN(C(CCc2ccccc2)N2C(=O)C3CCCCC3C2=O)CC1. The van der Waals surface area contributed by atoms with Gasteiger partial charge in [0.15, 0.2) is 0 Å². The van der Waals surface area contributed by atoms with Gasteiger partial charge in [-0.1, -0.05) is 50.1 Å². The zero-order chi connectivity index (χ0) is 18.8. The Labute approximate surface area is 162 Å². The first kappa shape index (κ1) is 18.7. The van der Waals surface area contributed by atoms with Gasteiger partial charge in [-0.15, -0.1) is 0 Å². The minimum atomic E-state index is -0.0664. The molecule has 2 saturated heterocycles. The van der Waals surface area contributed by atoms with Gasteiger partial charge in [0.2, 0.25) is 11.8 Å². The fraction of sp³-hybridized carbons (Fsp3) is 0.652. The largest absolute Gasteiger partial charge is 0.283 e. The number of benzene rings is 1. The Bertz CT molecular complexity index is 642. The van der Waals surface area contributed by atoms with Crippen LogP contribution < -0.4 is 0 Å². The Hall–Kier alpha value is -1.68. The van der Waals surface area contributed by atoms with Gasteiger partial charge in [-0.25, -0.2) is 0 Å². The van der Waals surface area contributed by atoms with Crippen LogP contribution in [0.25, 0.3) is 0 Å². The highest BCUT2D eigenvalue weighted by Gasteiger charge is 2.51. The highest BCUT2D eigenvalue weighted by molar-refractivity contribution is 6.05. The third-order valence-corrected chi connectivity index (χ3v) is 6.95. The zero-order valence-electron chi connectivity index (χ0n) is 16.5. The van der Waals surface area contributed by atoms with E-state index in [1.54, 1.807) is 4.90 Å².